The van der Waals surface area contributed by atoms with Crippen molar-refractivity contribution < 1.29 is 13.2 Å². The average molecular weight is 353 g/mol. The summed E-state index contributed by atoms with van der Waals surface area (Å²) in [7, 11) is -4.06. The molecule has 0 unspecified atom stereocenters. The zero-order valence-corrected chi connectivity index (χ0v) is 13.5. The molecule has 0 atom stereocenters. The van der Waals surface area contributed by atoms with E-state index in [-0.39, 0.29) is 33.4 Å². The van der Waals surface area contributed by atoms with E-state index in [2.05, 4.69) is 15.0 Å². The van der Waals surface area contributed by atoms with Crippen molar-refractivity contribution in [3.63, 3.8) is 0 Å². The van der Waals surface area contributed by atoms with Crippen LogP contribution in [-0.2, 0) is 10.0 Å². The number of aromatic nitrogens is 4. The molecule has 0 aliphatic carbocycles. The molecule has 0 amide bonds. The molecule has 118 valence electrons. The van der Waals surface area contributed by atoms with Gasteiger partial charge < -0.3 is 0 Å². The smallest absolute Gasteiger partial charge is 0.231 e. The van der Waals surface area contributed by atoms with Gasteiger partial charge in [0.05, 0.1) is 0 Å². The molecule has 8 nitrogen and oxygen atoms in total. The third-order valence-corrected chi connectivity index (χ3v) is 5.18. The molecule has 10 heteroatoms. The maximum atomic E-state index is 12.9. The first-order valence-corrected chi connectivity index (χ1v) is 8.41. The minimum atomic E-state index is -4.06. The maximum Gasteiger partial charge on any atom is 0.277 e. The second-order valence-electron chi connectivity index (χ2n) is 4.54. The lowest BCUT2D eigenvalue weighted by Crippen LogP contribution is -2.15. The number of halogens is 1. The van der Waals surface area contributed by atoms with Gasteiger partial charge in [-0.3, -0.25) is 0 Å². The number of hydrogen-bond acceptors (Lipinski definition) is 6. The van der Waals surface area contributed by atoms with Crippen molar-refractivity contribution in [1.82, 2.24) is 18.9 Å². The molecule has 3 rings (SSSR count). The van der Waals surface area contributed by atoms with Crippen LogP contribution >= 0.6 is 11.6 Å². The summed E-state index contributed by atoms with van der Waals surface area (Å²) in [6, 6.07) is 5.95. The van der Waals surface area contributed by atoms with Crippen LogP contribution in [0.4, 0.5) is 5.69 Å². The van der Waals surface area contributed by atoms with E-state index in [0.29, 0.717) is 4.76 Å². The van der Waals surface area contributed by atoms with E-state index >= 15 is 0 Å². The number of hydrogen-bond donors (Lipinski definition) is 0. The Labute approximate surface area is 136 Å². The number of fused-ring (bicyclic) bond motifs is 1. The molecule has 0 saturated heterocycles. The predicted octanol–water partition coefficient (Wildman–Crippen LogP) is 2.15. The Balaban J connectivity index is 2.27. The van der Waals surface area contributed by atoms with Crippen LogP contribution < -0.4 is 0 Å². The Hall–Kier alpha value is -2.39. The summed E-state index contributed by atoms with van der Waals surface area (Å²) in [6.45, 7) is 1.75. The van der Waals surface area contributed by atoms with Crippen molar-refractivity contribution in [2.75, 3.05) is 6.54 Å². The van der Waals surface area contributed by atoms with E-state index in [1.54, 1.807) is 19.1 Å². The second kappa shape index (κ2) is 5.67. The van der Waals surface area contributed by atoms with E-state index in [4.69, 9.17) is 11.6 Å². The van der Waals surface area contributed by atoms with Crippen molar-refractivity contribution in [2.45, 2.75) is 11.8 Å². The molecular formula is C13H11ClN5O3S+. The van der Waals surface area contributed by atoms with Gasteiger partial charge in [-0.15, -0.1) is 0 Å². The highest BCUT2D eigenvalue weighted by Gasteiger charge is 2.30. The largest absolute Gasteiger partial charge is 0.277 e. The predicted molar refractivity (Wildman–Crippen MR) is 83.2 cm³/mol. The molecular weight excluding hydrogens is 342 g/mol. The number of benzene rings is 1. The normalized spacial score (nSPS) is 11.7. The summed E-state index contributed by atoms with van der Waals surface area (Å²) < 4.78 is 27.3. The molecule has 2 aromatic heterocycles. The van der Waals surface area contributed by atoms with Crippen LogP contribution in [0, 0.1) is 4.91 Å². The third-order valence-electron chi connectivity index (χ3n) is 3.22. The van der Waals surface area contributed by atoms with Gasteiger partial charge in [0.25, 0.3) is 15.7 Å². The lowest BCUT2D eigenvalue weighted by molar-refractivity contribution is -0.461. The maximum absolute atomic E-state index is 12.9. The van der Waals surface area contributed by atoms with Crippen LogP contribution in [0.3, 0.4) is 0 Å². The van der Waals surface area contributed by atoms with E-state index < -0.39 is 10.0 Å². The Morgan fingerprint density at radius 3 is 2.70 bits per heavy atom. The standard InChI is InChI=1S/C13H11ClN5O3S/c1-2-18(20)9-5-3-4-6-10(9)23(21,22)19-8-17-11-12(14)15-7-16-13(11)19/h3-8H,2H2,1H3/q+1. The van der Waals surface area contributed by atoms with Gasteiger partial charge in [0.1, 0.15) is 18.2 Å². The van der Waals surface area contributed by atoms with Crippen molar-refractivity contribution >= 4 is 38.5 Å². The van der Waals surface area contributed by atoms with Gasteiger partial charge in [-0.1, -0.05) is 23.7 Å². The van der Waals surface area contributed by atoms with E-state index in [1.807, 2.05) is 0 Å². The van der Waals surface area contributed by atoms with Crippen LogP contribution in [0.15, 0.2) is 41.8 Å². The van der Waals surface area contributed by atoms with Crippen LogP contribution in [0.5, 0.6) is 0 Å². The third kappa shape index (κ3) is 2.47. The molecule has 2 heterocycles. The van der Waals surface area contributed by atoms with E-state index in [9.17, 15) is 13.3 Å². The van der Waals surface area contributed by atoms with Gasteiger partial charge in [-0.25, -0.2) is 27.3 Å². The Bertz CT molecular complexity index is 1020. The highest BCUT2D eigenvalue weighted by Crippen LogP contribution is 2.28. The molecule has 23 heavy (non-hydrogen) atoms. The van der Waals surface area contributed by atoms with Gasteiger partial charge >= 0.3 is 0 Å². The zero-order valence-electron chi connectivity index (χ0n) is 11.9. The van der Waals surface area contributed by atoms with Gasteiger partial charge in [0, 0.05) is 15.7 Å². The number of nitrogens with zero attached hydrogens (tertiary/aromatic N) is 5. The Morgan fingerprint density at radius 1 is 1.22 bits per heavy atom. The molecule has 0 N–H and O–H groups in total. The van der Waals surface area contributed by atoms with Gasteiger partial charge in [0.15, 0.2) is 22.2 Å². The highest BCUT2D eigenvalue weighted by molar-refractivity contribution is 7.90. The van der Waals surface area contributed by atoms with E-state index in [0.717, 1.165) is 16.6 Å². The molecule has 0 spiro atoms. The van der Waals surface area contributed by atoms with Crippen LogP contribution in [0.1, 0.15) is 6.92 Å². The van der Waals surface area contributed by atoms with E-state index in [1.165, 1.54) is 12.1 Å². The average Bonchev–Trinajstić information content (AvgIpc) is 3.00. The monoisotopic (exact) mass is 352 g/mol. The van der Waals surface area contributed by atoms with Crippen molar-refractivity contribution in [1.29, 1.82) is 0 Å². The summed E-state index contributed by atoms with van der Waals surface area (Å²) in [6.07, 6.45) is 2.24. The molecule has 0 aliphatic rings. The fourth-order valence-electron chi connectivity index (χ4n) is 2.12. The first kappa shape index (κ1) is 15.5. The minimum Gasteiger partial charge on any atom is -0.231 e. The van der Waals surface area contributed by atoms with Gasteiger partial charge in [-0.05, 0) is 13.0 Å². The number of nitroso groups, excluding NO2 is 1. The van der Waals surface area contributed by atoms with Crippen molar-refractivity contribution in [3.05, 3.63) is 47.0 Å². The number of para-hydroxylation sites is 1. The lowest BCUT2D eigenvalue weighted by Gasteiger charge is -2.06. The quantitative estimate of drug-likeness (QED) is 0.527. The SMILES string of the molecule is CC[N+](=O)c1ccccc1S(=O)(=O)n1cnc2c(Cl)ncnc21. The fourth-order valence-corrected chi connectivity index (χ4v) is 3.73. The molecule has 3 aromatic rings. The second-order valence-corrected chi connectivity index (χ2v) is 6.69. The molecule has 0 fully saturated rings. The topological polar surface area (TPSA) is 97.8 Å². The van der Waals surface area contributed by atoms with Gasteiger partial charge in [-0.2, -0.15) is 0 Å². The van der Waals surface area contributed by atoms with Crippen LogP contribution in [-0.4, -0.2) is 38.6 Å². The lowest BCUT2D eigenvalue weighted by atomic mass is 10.3. The minimum absolute atomic E-state index is 0.0498. The fraction of sp³-hybridized carbons (Fsp3) is 0.154. The van der Waals surface area contributed by atoms with Crippen LogP contribution in [0.25, 0.3) is 11.2 Å². The summed E-state index contributed by atoms with van der Waals surface area (Å²) in [5.41, 5.74) is 0.274. The molecule has 0 bridgehead atoms. The number of rotatable bonds is 4. The molecule has 0 radical (unpaired) electrons. The first-order chi connectivity index (χ1) is 11.0. The van der Waals surface area contributed by atoms with Crippen molar-refractivity contribution in [3.8, 4) is 0 Å². The Kier molecular flexibility index (Phi) is 3.82. The summed E-state index contributed by atoms with van der Waals surface area (Å²) in [5, 5.41) is 0.0521. The summed E-state index contributed by atoms with van der Waals surface area (Å²) >= 11 is 5.89. The first-order valence-electron chi connectivity index (χ1n) is 6.59. The summed E-state index contributed by atoms with van der Waals surface area (Å²) in [4.78, 5) is 23.4. The molecule has 0 aliphatic heterocycles. The summed E-state index contributed by atoms with van der Waals surface area (Å²) in [5.74, 6) is 0. The van der Waals surface area contributed by atoms with Crippen LogP contribution in [0.2, 0.25) is 5.15 Å². The van der Waals surface area contributed by atoms with Gasteiger partial charge in [0.2, 0.25) is 0 Å². The zero-order chi connectivity index (χ0) is 16.6. The highest BCUT2D eigenvalue weighted by atomic mass is 35.5. The number of imidazole rings is 1. The van der Waals surface area contributed by atoms with Crippen molar-refractivity contribution in [2.24, 2.45) is 0 Å². The molecule has 1 aromatic carbocycles. The molecule has 0 saturated carbocycles. The Morgan fingerprint density at radius 2 is 1.96 bits per heavy atom.